The first kappa shape index (κ1) is 29.5. The zero-order valence-electron chi connectivity index (χ0n) is 28.5. The third-order valence-corrected chi connectivity index (χ3v) is 11.0. The molecule has 0 aromatic heterocycles. The lowest BCUT2D eigenvalue weighted by molar-refractivity contribution is 0.640. The molecule has 0 atom stereocenters. The highest BCUT2D eigenvalue weighted by molar-refractivity contribution is 6.02. The molecule has 0 aliphatic heterocycles. The molecule has 49 heavy (non-hydrogen) atoms. The predicted octanol–water partition coefficient (Wildman–Crippen LogP) is 13.1. The molecule has 0 heterocycles. The van der Waals surface area contributed by atoms with Gasteiger partial charge in [0.2, 0.25) is 0 Å². The van der Waals surface area contributed by atoms with Gasteiger partial charge in [0, 0.05) is 22.1 Å². The fraction of sp³-hybridized carbons (Fsp3) is 0.125. The van der Waals surface area contributed by atoms with E-state index in [9.17, 15) is 0 Å². The van der Waals surface area contributed by atoms with E-state index < -0.39 is 0 Å². The molecule has 0 unspecified atom stereocenters. The molecule has 1 heteroatoms. The van der Waals surface area contributed by atoms with Crippen LogP contribution in [0.15, 0.2) is 164 Å². The summed E-state index contributed by atoms with van der Waals surface area (Å²) in [5.41, 5.74) is 18.9. The van der Waals surface area contributed by atoms with Crippen LogP contribution in [0.3, 0.4) is 0 Å². The van der Waals surface area contributed by atoms with Gasteiger partial charge in [-0.25, -0.2) is 0 Å². The first-order chi connectivity index (χ1) is 23.9. The standard InChI is InChI=1S/C48H39N/c1-47(2)41-27-14-11-25-37(41)39-31-40-38-26-12-15-28-42(38)48(3,4)45(40)46(44(39)47)49(35-23-17-22-34(30-35)32-18-7-5-8-19-32)43-29-16-13-24-36(43)33-20-9-6-10-21-33/h5-31H,1-4H3. The van der Waals surface area contributed by atoms with Crippen LogP contribution in [0, 0.1) is 0 Å². The summed E-state index contributed by atoms with van der Waals surface area (Å²) in [6.07, 6.45) is 0. The fourth-order valence-corrected chi connectivity index (χ4v) is 8.75. The number of rotatable bonds is 5. The van der Waals surface area contributed by atoms with Crippen molar-refractivity contribution in [2.45, 2.75) is 38.5 Å². The van der Waals surface area contributed by atoms with Crippen molar-refractivity contribution in [3.63, 3.8) is 0 Å². The molecule has 0 saturated carbocycles. The van der Waals surface area contributed by atoms with Crippen molar-refractivity contribution < 1.29 is 0 Å². The van der Waals surface area contributed by atoms with Crippen LogP contribution in [0.5, 0.6) is 0 Å². The van der Waals surface area contributed by atoms with Gasteiger partial charge in [0.05, 0.1) is 11.4 Å². The van der Waals surface area contributed by atoms with Crippen LogP contribution in [-0.2, 0) is 10.8 Å². The minimum atomic E-state index is -0.224. The van der Waals surface area contributed by atoms with E-state index in [2.05, 4.69) is 196 Å². The van der Waals surface area contributed by atoms with E-state index in [1.165, 1.54) is 78.1 Å². The van der Waals surface area contributed by atoms with Gasteiger partial charge in [-0.1, -0.05) is 167 Å². The number of hydrogen-bond donors (Lipinski definition) is 0. The predicted molar refractivity (Wildman–Crippen MR) is 207 cm³/mol. The highest BCUT2D eigenvalue weighted by Crippen LogP contribution is 2.63. The second-order valence-corrected chi connectivity index (χ2v) is 14.5. The van der Waals surface area contributed by atoms with Gasteiger partial charge in [0.1, 0.15) is 0 Å². The van der Waals surface area contributed by atoms with Crippen molar-refractivity contribution in [3.05, 3.63) is 186 Å². The Hall–Kier alpha value is -5.66. The summed E-state index contributed by atoms with van der Waals surface area (Å²) >= 11 is 0. The third kappa shape index (κ3) is 4.39. The Morgan fingerprint density at radius 2 is 0.837 bits per heavy atom. The zero-order valence-corrected chi connectivity index (χ0v) is 28.5. The summed E-state index contributed by atoms with van der Waals surface area (Å²) in [7, 11) is 0. The molecule has 0 radical (unpaired) electrons. The van der Waals surface area contributed by atoms with Crippen LogP contribution in [0.2, 0.25) is 0 Å². The molecule has 2 aliphatic rings. The molecular formula is C48H39N. The summed E-state index contributed by atoms with van der Waals surface area (Å²) in [6.45, 7) is 9.68. The van der Waals surface area contributed by atoms with E-state index in [4.69, 9.17) is 0 Å². The molecule has 0 bridgehead atoms. The lowest BCUT2D eigenvalue weighted by atomic mass is 9.75. The van der Waals surface area contributed by atoms with Crippen LogP contribution in [0.4, 0.5) is 17.1 Å². The van der Waals surface area contributed by atoms with E-state index in [0.29, 0.717) is 0 Å². The minimum Gasteiger partial charge on any atom is -0.309 e. The molecule has 0 N–H and O–H groups in total. The lowest BCUT2D eigenvalue weighted by Crippen LogP contribution is -2.26. The summed E-state index contributed by atoms with van der Waals surface area (Å²) in [4.78, 5) is 2.60. The van der Waals surface area contributed by atoms with Gasteiger partial charge in [0.25, 0.3) is 0 Å². The molecule has 7 aromatic carbocycles. The molecule has 236 valence electrons. The molecule has 2 aliphatic carbocycles. The Balaban J connectivity index is 1.44. The van der Waals surface area contributed by atoms with Crippen LogP contribution in [0.1, 0.15) is 49.9 Å². The number of para-hydroxylation sites is 1. The van der Waals surface area contributed by atoms with Crippen molar-refractivity contribution in [3.8, 4) is 44.5 Å². The second kappa shape index (κ2) is 10.9. The van der Waals surface area contributed by atoms with Gasteiger partial charge < -0.3 is 4.90 Å². The van der Waals surface area contributed by atoms with Crippen molar-refractivity contribution >= 4 is 17.1 Å². The Labute approximate surface area is 290 Å². The number of anilines is 3. The average Bonchev–Trinajstić information content (AvgIpc) is 3.52. The Morgan fingerprint density at radius 1 is 0.367 bits per heavy atom. The quantitative estimate of drug-likeness (QED) is 0.183. The molecule has 0 saturated heterocycles. The van der Waals surface area contributed by atoms with E-state index in [-0.39, 0.29) is 10.8 Å². The van der Waals surface area contributed by atoms with Crippen molar-refractivity contribution in [2.24, 2.45) is 0 Å². The Kier molecular flexibility index (Phi) is 6.58. The highest BCUT2D eigenvalue weighted by atomic mass is 15.2. The summed E-state index contributed by atoms with van der Waals surface area (Å²) in [5.74, 6) is 0. The van der Waals surface area contributed by atoms with Crippen LogP contribution >= 0.6 is 0 Å². The van der Waals surface area contributed by atoms with Gasteiger partial charge in [-0.3, -0.25) is 0 Å². The average molecular weight is 630 g/mol. The molecular weight excluding hydrogens is 591 g/mol. The van der Waals surface area contributed by atoms with Crippen LogP contribution in [0.25, 0.3) is 44.5 Å². The molecule has 0 spiro atoms. The summed E-state index contributed by atoms with van der Waals surface area (Å²) < 4.78 is 0. The maximum Gasteiger partial charge on any atom is 0.0556 e. The molecule has 0 amide bonds. The Morgan fingerprint density at radius 3 is 1.43 bits per heavy atom. The molecule has 9 rings (SSSR count). The van der Waals surface area contributed by atoms with Gasteiger partial charge in [-0.15, -0.1) is 0 Å². The normalized spacial score (nSPS) is 14.4. The smallest absolute Gasteiger partial charge is 0.0556 e. The van der Waals surface area contributed by atoms with E-state index in [0.717, 1.165) is 5.69 Å². The number of hydrogen-bond acceptors (Lipinski definition) is 1. The van der Waals surface area contributed by atoms with Crippen molar-refractivity contribution in [2.75, 3.05) is 4.90 Å². The van der Waals surface area contributed by atoms with E-state index in [1.54, 1.807) is 0 Å². The van der Waals surface area contributed by atoms with Gasteiger partial charge in [-0.2, -0.15) is 0 Å². The maximum atomic E-state index is 2.60. The zero-order chi connectivity index (χ0) is 33.3. The monoisotopic (exact) mass is 629 g/mol. The van der Waals surface area contributed by atoms with Gasteiger partial charge >= 0.3 is 0 Å². The molecule has 1 nitrogen and oxygen atoms in total. The first-order valence-corrected chi connectivity index (χ1v) is 17.4. The first-order valence-electron chi connectivity index (χ1n) is 17.4. The number of benzene rings is 7. The largest absolute Gasteiger partial charge is 0.309 e. The second-order valence-electron chi connectivity index (χ2n) is 14.5. The topological polar surface area (TPSA) is 3.24 Å². The SMILES string of the molecule is CC1(C)c2ccccc2-c2cc3c(c(N(c4cccc(-c5ccccc5)c4)c4ccccc4-c4ccccc4)c21)C(C)(C)c1ccccc1-3. The van der Waals surface area contributed by atoms with E-state index in [1.807, 2.05) is 0 Å². The third-order valence-electron chi connectivity index (χ3n) is 11.0. The molecule has 0 fully saturated rings. The van der Waals surface area contributed by atoms with E-state index >= 15 is 0 Å². The highest BCUT2D eigenvalue weighted by Gasteiger charge is 2.46. The van der Waals surface area contributed by atoms with Crippen molar-refractivity contribution in [1.29, 1.82) is 0 Å². The van der Waals surface area contributed by atoms with Gasteiger partial charge in [-0.05, 0) is 85.5 Å². The lowest BCUT2D eigenvalue weighted by Gasteiger charge is -2.38. The Bertz CT molecular complexity index is 2300. The number of nitrogens with zero attached hydrogens (tertiary/aromatic N) is 1. The maximum absolute atomic E-state index is 2.60. The van der Waals surface area contributed by atoms with Gasteiger partial charge in [0.15, 0.2) is 0 Å². The molecule has 7 aromatic rings. The summed E-state index contributed by atoms with van der Waals surface area (Å²) in [5, 5.41) is 0. The van der Waals surface area contributed by atoms with Crippen molar-refractivity contribution in [1.82, 2.24) is 0 Å². The van der Waals surface area contributed by atoms with Crippen LogP contribution < -0.4 is 4.90 Å². The minimum absolute atomic E-state index is 0.224. The summed E-state index contributed by atoms with van der Waals surface area (Å²) in [6, 6.07) is 60.3. The van der Waals surface area contributed by atoms with Crippen LogP contribution in [-0.4, -0.2) is 0 Å². The fourth-order valence-electron chi connectivity index (χ4n) is 8.75. The number of fused-ring (bicyclic) bond motifs is 6.